The number of sulfonamides is 1. The molecule has 0 aliphatic carbocycles. The van der Waals surface area contributed by atoms with Gasteiger partial charge in [-0.25, -0.2) is 8.42 Å². The summed E-state index contributed by atoms with van der Waals surface area (Å²) in [5.74, 6) is -0.494. The van der Waals surface area contributed by atoms with Gasteiger partial charge in [0.25, 0.3) is 21.8 Å². The van der Waals surface area contributed by atoms with E-state index in [1.807, 2.05) is 38.1 Å². The summed E-state index contributed by atoms with van der Waals surface area (Å²) in [6, 6.07) is 12.2. The highest BCUT2D eigenvalue weighted by molar-refractivity contribution is 7.92. The van der Waals surface area contributed by atoms with E-state index < -0.39 is 10.0 Å². The van der Waals surface area contributed by atoms with Crippen molar-refractivity contribution in [2.75, 3.05) is 42.3 Å². The lowest BCUT2D eigenvalue weighted by molar-refractivity contribution is -0.110. The van der Waals surface area contributed by atoms with E-state index in [0.717, 1.165) is 30.8 Å². The third-order valence-corrected chi connectivity index (χ3v) is 9.62. The monoisotopic (exact) mass is 561 g/mol. The number of likely N-dealkylation sites (N-methyl/N-ethyl adjacent to an activating group) is 1. The fourth-order valence-electron chi connectivity index (χ4n) is 5.52. The van der Waals surface area contributed by atoms with Crippen LogP contribution >= 0.6 is 0 Å². The van der Waals surface area contributed by atoms with Crippen LogP contribution in [0.25, 0.3) is 11.6 Å². The van der Waals surface area contributed by atoms with Crippen LogP contribution in [-0.2, 0) is 21.2 Å². The summed E-state index contributed by atoms with van der Waals surface area (Å²) in [6.45, 7) is 11.4. The van der Waals surface area contributed by atoms with Crippen LogP contribution in [0.3, 0.4) is 0 Å². The maximum Gasteiger partial charge on any atom is 0.264 e. The van der Waals surface area contributed by atoms with Gasteiger partial charge in [-0.1, -0.05) is 32.0 Å². The van der Waals surface area contributed by atoms with Crippen molar-refractivity contribution in [1.29, 1.82) is 0 Å². The van der Waals surface area contributed by atoms with E-state index in [2.05, 4.69) is 34.4 Å². The molecule has 3 N–H and O–H groups in total. The number of nitrogens with one attached hydrogen (secondary N) is 3. The van der Waals surface area contributed by atoms with Gasteiger partial charge in [0, 0.05) is 42.3 Å². The van der Waals surface area contributed by atoms with E-state index in [1.54, 1.807) is 18.2 Å². The van der Waals surface area contributed by atoms with Crippen molar-refractivity contribution in [1.82, 2.24) is 15.2 Å². The molecule has 5 rings (SSSR count). The Balaban J connectivity index is 1.43. The van der Waals surface area contributed by atoms with Gasteiger partial charge in [0.15, 0.2) is 0 Å². The Kier molecular flexibility index (Phi) is 7.57. The van der Waals surface area contributed by atoms with Gasteiger partial charge in [-0.15, -0.1) is 0 Å². The number of aromatic nitrogens is 1. The average Bonchev–Trinajstić information content (AvgIpc) is 3.59. The van der Waals surface area contributed by atoms with Crippen LogP contribution in [0.5, 0.6) is 0 Å². The SMILES string of the molecule is CCN(CC)CCNC(=O)c1c(C)[nH]c(/C=C2\C(=O)Nc3ccc(S(=O)(=O)N4CCc5ccccc54)cc32)c1C. The molecule has 0 atom stereocenters. The highest BCUT2D eigenvalue weighted by atomic mass is 32.2. The van der Waals surface area contributed by atoms with Gasteiger partial charge in [-0.2, -0.15) is 0 Å². The smallest absolute Gasteiger partial charge is 0.264 e. The molecule has 2 aliphatic heterocycles. The minimum atomic E-state index is -3.83. The largest absolute Gasteiger partial charge is 0.358 e. The highest BCUT2D eigenvalue weighted by Crippen LogP contribution is 2.38. The average molecular weight is 562 g/mol. The third kappa shape index (κ3) is 4.93. The molecule has 9 nitrogen and oxygen atoms in total. The molecule has 40 heavy (non-hydrogen) atoms. The Morgan fingerprint density at radius 1 is 1.12 bits per heavy atom. The van der Waals surface area contributed by atoms with Crippen molar-refractivity contribution in [3.63, 3.8) is 0 Å². The molecule has 0 unspecified atom stereocenters. The van der Waals surface area contributed by atoms with E-state index in [-0.39, 0.29) is 16.7 Å². The lowest BCUT2D eigenvalue weighted by Gasteiger charge is -2.20. The summed E-state index contributed by atoms with van der Waals surface area (Å²) >= 11 is 0. The van der Waals surface area contributed by atoms with Crippen LogP contribution in [0, 0.1) is 13.8 Å². The fraction of sp³-hybridized carbons (Fsp3) is 0.333. The van der Waals surface area contributed by atoms with E-state index in [1.165, 1.54) is 10.4 Å². The molecule has 10 heteroatoms. The number of rotatable bonds is 9. The topological polar surface area (TPSA) is 115 Å². The van der Waals surface area contributed by atoms with Crippen molar-refractivity contribution in [3.8, 4) is 0 Å². The molecule has 2 aromatic carbocycles. The molecule has 1 aromatic heterocycles. The van der Waals surface area contributed by atoms with Gasteiger partial charge in [0.1, 0.15) is 0 Å². The van der Waals surface area contributed by atoms with Crippen LogP contribution in [0.4, 0.5) is 11.4 Å². The van der Waals surface area contributed by atoms with Crippen molar-refractivity contribution in [2.45, 2.75) is 39.0 Å². The lowest BCUT2D eigenvalue weighted by Crippen LogP contribution is -2.35. The van der Waals surface area contributed by atoms with Crippen LogP contribution in [-0.4, -0.2) is 62.8 Å². The van der Waals surface area contributed by atoms with Crippen LogP contribution in [0.1, 0.15) is 52.3 Å². The summed E-state index contributed by atoms with van der Waals surface area (Å²) < 4.78 is 28.7. The number of H-pyrrole nitrogens is 1. The number of benzene rings is 2. The second kappa shape index (κ2) is 10.9. The summed E-state index contributed by atoms with van der Waals surface area (Å²) in [6.07, 6.45) is 2.35. The number of carbonyl (C=O) groups is 2. The highest BCUT2D eigenvalue weighted by Gasteiger charge is 2.33. The van der Waals surface area contributed by atoms with Gasteiger partial charge in [-0.3, -0.25) is 13.9 Å². The molecular weight excluding hydrogens is 526 g/mol. The number of hydrogen-bond acceptors (Lipinski definition) is 5. The number of aromatic amines is 1. The fourth-order valence-corrected chi connectivity index (χ4v) is 7.04. The number of carbonyl (C=O) groups excluding carboxylic acids is 2. The zero-order valence-corrected chi connectivity index (χ0v) is 24.1. The van der Waals surface area contributed by atoms with E-state index in [9.17, 15) is 18.0 Å². The number of amides is 2. The molecule has 0 bridgehead atoms. The molecule has 0 radical (unpaired) electrons. The number of aryl methyl sites for hydroxylation is 1. The first-order chi connectivity index (χ1) is 19.1. The van der Waals surface area contributed by atoms with Gasteiger partial charge in [0.05, 0.1) is 21.7 Å². The molecule has 0 spiro atoms. The summed E-state index contributed by atoms with van der Waals surface area (Å²) in [7, 11) is -3.83. The minimum absolute atomic E-state index is 0.123. The van der Waals surface area contributed by atoms with Crippen molar-refractivity contribution in [3.05, 3.63) is 76.1 Å². The Morgan fingerprint density at radius 2 is 1.88 bits per heavy atom. The molecule has 0 saturated heterocycles. The molecule has 210 valence electrons. The first-order valence-corrected chi connectivity index (χ1v) is 15.1. The van der Waals surface area contributed by atoms with Gasteiger partial charge in [0.2, 0.25) is 0 Å². The molecule has 0 fully saturated rings. The zero-order valence-electron chi connectivity index (χ0n) is 23.3. The first-order valence-electron chi connectivity index (χ1n) is 13.6. The Morgan fingerprint density at radius 3 is 2.62 bits per heavy atom. The normalized spacial score (nSPS) is 15.5. The van der Waals surface area contributed by atoms with E-state index in [4.69, 9.17) is 0 Å². The molecule has 2 amide bonds. The minimum Gasteiger partial charge on any atom is -0.358 e. The summed E-state index contributed by atoms with van der Waals surface area (Å²) in [5.41, 5.74) is 5.69. The first kappa shape index (κ1) is 27.7. The molecule has 3 heterocycles. The number of para-hydroxylation sites is 1. The van der Waals surface area contributed by atoms with Crippen LogP contribution in [0.2, 0.25) is 0 Å². The van der Waals surface area contributed by atoms with Crippen molar-refractivity contribution < 1.29 is 18.0 Å². The van der Waals surface area contributed by atoms with Gasteiger partial charge >= 0.3 is 0 Å². The van der Waals surface area contributed by atoms with E-state index in [0.29, 0.717) is 59.0 Å². The summed E-state index contributed by atoms with van der Waals surface area (Å²) in [5, 5.41) is 5.83. The second-order valence-corrected chi connectivity index (χ2v) is 12.0. The quantitative estimate of drug-likeness (QED) is 0.343. The Bertz CT molecular complexity index is 1620. The maximum absolute atomic E-state index is 13.6. The number of anilines is 2. The standard InChI is InChI=1S/C30H35N5O4S/c1-5-34(6-2)16-14-31-30(37)28-19(3)26(32-20(28)4)18-24-23-17-22(11-12-25(23)33-29(24)36)40(38,39)35-15-13-21-9-7-8-10-27(21)35/h7-12,17-18,32H,5-6,13-16H2,1-4H3,(H,31,37)(H,33,36)/b24-18-. The Hall–Kier alpha value is -3.89. The molecule has 0 saturated carbocycles. The summed E-state index contributed by atoms with van der Waals surface area (Å²) in [4.78, 5) is 31.6. The second-order valence-electron chi connectivity index (χ2n) is 10.1. The third-order valence-electron chi connectivity index (χ3n) is 7.81. The molecule has 3 aromatic rings. The maximum atomic E-state index is 13.6. The Labute approximate surface area is 235 Å². The van der Waals surface area contributed by atoms with Gasteiger partial charge in [-0.05, 0) is 74.8 Å². The predicted octanol–water partition coefficient (Wildman–Crippen LogP) is 3.95. The predicted molar refractivity (Wildman–Crippen MR) is 158 cm³/mol. The van der Waals surface area contributed by atoms with Crippen LogP contribution < -0.4 is 14.9 Å². The van der Waals surface area contributed by atoms with E-state index >= 15 is 0 Å². The van der Waals surface area contributed by atoms with Crippen LogP contribution in [0.15, 0.2) is 47.4 Å². The lowest BCUT2D eigenvalue weighted by atomic mass is 10.0. The van der Waals surface area contributed by atoms with Crippen molar-refractivity contribution in [2.24, 2.45) is 0 Å². The zero-order chi connectivity index (χ0) is 28.6. The number of nitrogens with zero attached hydrogens (tertiary/aromatic N) is 2. The number of hydrogen-bond donors (Lipinski definition) is 3. The number of fused-ring (bicyclic) bond motifs is 2. The molecule has 2 aliphatic rings. The van der Waals surface area contributed by atoms with Gasteiger partial charge < -0.3 is 20.5 Å². The molecular formula is C30H35N5O4S. The van der Waals surface area contributed by atoms with Crippen molar-refractivity contribution >= 4 is 44.9 Å².